The molecule has 184 valence electrons. The SMILES string of the molecule is Cc1cc(COc2ccc(C(=O)NC3CC34CN(C)C[C@@H]4c3n[nH]c(=O)s3)cc2)ccc1N(C)C. The van der Waals surface area contributed by atoms with Gasteiger partial charge in [-0.25, -0.2) is 5.10 Å². The Balaban J connectivity index is 1.18. The molecule has 2 unspecified atom stereocenters. The molecule has 1 saturated carbocycles. The predicted octanol–water partition coefficient (Wildman–Crippen LogP) is 3.00. The van der Waals surface area contributed by atoms with Gasteiger partial charge in [0.1, 0.15) is 17.4 Å². The molecule has 1 spiro atoms. The topological polar surface area (TPSA) is 90.6 Å². The minimum absolute atomic E-state index is 0.0497. The fourth-order valence-electron chi connectivity index (χ4n) is 5.38. The van der Waals surface area contributed by atoms with Crippen molar-refractivity contribution in [2.75, 3.05) is 39.1 Å². The normalized spacial score (nSPS) is 23.4. The summed E-state index contributed by atoms with van der Waals surface area (Å²) in [6.07, 6.45) is 0.898. The van der Waals surface area contributed by atoms with Gasteiger partial charge in [-0.2, -0.15) is 5.10 Å². The highest BCUT2D eigenvalue weighted by Crippen LogP contribution is 2.59. The zero-order valence-electron chi connectivity index (χ0n) is 20.5. The molecule has 9 heteroatoms. The summed E-state index contributed by atoms with van der Waals surface area (Å²) in [5.74, 6) is 0.800. The van der Waals surface area contributed by atoms with Crippen LogP contribution >= 0.6 is 11.3 Å². The Hall–Kier alpha value is -3.17. The van der Waals surface area contributed by atoms with Crippen LogP contribution in [0.3, 0.4) is 0 Å². The van der Waals surface area contributed by atoms with Crippen LogP contribution in [0, 0.1) is 12.3 Å². The number of anilines is 1. The summed E-state index contributed by atoms with van der Waals surface area (Å²) >= 11 is 1.18. The number of amides is 1. The lowest BCUT2D eigenvalue weighted by Gasteiger charge is -2.17. The molecule has 1 aliphatic carbocycles. The van der Waals surface area contributed by atoms with Crippen molar-refractivity contribution in [2.24, 2.45) is 5.41 Å². The second-order valence-electron chi connectivity index (χ2n) is 9.99. The van der Waals surface area contributed by atoms with E-state index in [0.717, 1.165) is 35.8 Å². The van der Waals surface area contributed by atoms with E-state index in [4.69, 9.17) is 4.74 Å². The van der Waals surface area contributed by atoms with Gasteiger partial charge in [0.25, 0.3) is 5.91 Å². The van der Waals surface area contributed by atoms with E-state index in [1.54, 1.807) is 12.1 Å². The van der Waals surface area contributed by atoms with Crippen LogP contribution in [-0.2, 0) is 6.61 Å². The van der Waals surface area contributed by atoms with Crippen molar-refractivity contribution in [1.29, 1.82) is 0 Å². The summed E-state index contributed by atoms with van der Waals surface area (Å²) in [6, 6.07) is 13.7. The predicted molar refractivity (Wildman–Crippen MR) is 138 cm³/mol. The van der Waals surface area contributed by atoms with E-state index in [1.165, 1.54) is 22.6 Å². The highest BCUT2D eigenvalue weighted by molar-refractivity contribution is 7.08. The first-order chi connectivity index (χ1) is 16.7. The molecule has 2 N–H and O–H groups in total. The first kappa shape index (κ1) is 23.6. The van der Waals surface area contributed by atoms with Gasteiger partial charge in [0, 0.05) is 55.8 Å². The van der Waals surface area contributed by atoms with Crippen LogP contribution in [0.15, 0.2) is 47.3 Å². The molecule has 8 nitrogen and oxygen atoms in total. The van der Waals surface area contributed by atoms with Crippen molar-refractivity contribution < 1.29 is 9.53 Å². The van der Waals surface area contributed by atoms with Crippen LogP contribution in [0.2, 0.25) is 0 Å². The molecule has 1 aliphatic heterocycles. The summed E-state index contributed by atoms with van der Waals surface area (Å²) < 4.78 is 5.94. The molecule has 3 atom stereocenters. The number of carbonyl (C=O) groups is 1. The number of hydrogen-bond donors (Lipinski definition) is 2. The van der Waals surface area contributed by atoms with Crippen molar-refractivity contribution in [3.05, 3.63) is 73.8 Å². The number of nitrogens with zero attached hydrogens (tertiary/aromatic N) is 3. The Morgan fingerprint density at radius 1 is 1.29 bits per heavy atom. The number of aryl methyl sites for hydroxylation is 1. The van der Waals surface area contributed by atoms with E-state index in [-0.39, 0.29) is 28.2 Å². The first-order valence-electron chi connectivity index (χ1n) is 11.8. The quantitative estimate of drug-likeness (QED) is 0.526. The van der Waals surface area contributed by atoms with Crippen molar-refractivity contribution >= 4 is 22.9 Å². The molecule has 1 saturated heterocycles. The number of H-pyrrole nitrogens is 1. The van der Waals surface area contributed by atoms with E-state index >= 15 is 0 Å². The Bertz CT molecular complexity index is 1280. The number of rotatable bonds is 7. The molecule has 0 radical (unpaired) electrons. The van der Waals surface area contributed by atoms with Gasteiger partial charge in [0.2, 0.25) is 0 Å². The van der Waals surface area contributed by atoms with Gasteiger partial charge in [0.05, 0.1) is 0 Å². The third-order valence-electron chi connectivity index (χ3n) is 7.19. The molecule has 2 aromatic carbocycles. The lowest BCUT2D eigenvalue weighted by atomic mass is 9.92. The van der Waals surface area contributed by atoms with Gasteiger partial charge in [-0.1, -0.05) is 23.5 Å². The van der Waals surface area contributed by atoms with E-state index in [2.05, 4.69) is 57.5 Å². The standard InChI is InChI=1S/C26H31N5O3S/c1-16-11-17(5-10-21(16)30(2)3)14-34-19-8-6-18(7-9-19)23(32)27-22-12-26(22)15-31(4)13-20(26)24-28-29-25(33)35-24/h5-11,20,22H,12-15H2,1-4H3,(H,27,32)(H,29,33)/t20-,22?,26?/m1/s1. The summed E-state index contributed by atoms with van der Waals surface area (Å²) in [6.45, 7) is 4.30. The number of benzene rings is 2. The molecule has 35 heavy (non-hydrogen) atoms. The van der Waals surface area contributed by atoms with Crippen molar-refractivity contribution in [2.45, 2.75) is 31.9 Å². The lowest BCUT2D eigenvalue weighted by Crippen LogP contribution is -2.32. The fraction of sp³-hybridized carbons (Fsp3) is 0.423. The third kappa shape index (κ3) is 4.70. The molecule has 0 bridgehead atoms. The number of ether oxygens (including phenoxy) is 1. The number of hydrogen-bond acceptors (Lipinski definition) is 7. The maximum atomic E-state index is 12.9. The summed E-state index contributed by atoms with van der Waals surface area (Å²) in [4.78, 5) is 28.8. The van der Waals surface area contributed by atoms with Crippen LogP contribution in [0.5, 0.6) is 5.75 Å². The van der Waals surface area contributed by atoms with Gasteiger partial charge >= 0.3 is 4.87 Å². The summed E-state index contributed by atoms with van der Waals surface area (Å²) in [5, 5.41) is 10.8. The van der Waals surface area contributed by atoms with E-state index in [0.29, 0.717) is 12.2 Å². The van der Waals surface area contributed by atoms with Gasteiger partial charge in [-0.05, 0) is 61.9 Å². The highest BCUT2D eigenvalue weighted by atomic mass is 32.1. The largest absolute Gasteiger partial charge is 0.489 e. The molecule has 1 aromatic heterocycles. The maximum absolute atomic E-state index is 12.9. The minimum atomic E-state index is -0.131. The molecule has 2 heterocycles. The number of nitrogens with one attached hydrogen (secondary N) is 2. The number of aromatic nitrogens is 2. The average Bonchev–Trinajstić information content (AvgIpc) is 3.13. The fourth-order valence-corrected chi connectivity index (χ4v) is 6.20. The zero-order valence-corrected chi connectivity index (χ0v) is 21.3. The number of likely N-dealkylation sites (tertiary alicyclic amines) is 1. The molecule has 1 amide bonds. The van der Waals surface area contributed by atoms with Crippen LogP contribution in [0.4, 0.5) is 5.69 Å². The van der Waals surface area contributed by atoms with Gasteiger partial charge in [-0.15, -0.1) is 0 Å². The van der Waals surface area contributed by atoms with Gasteiger partial charge in [0.15, 0.2) is 0 Å². The van der Waals surface area contributed by atoms with Crippen LogP contribution in [0.1, 0.15) is 38.8 Å². The molecule has 3 aromatic rings. The zero-order chi connectivity index (χ0) is 24.7. The van der Waals surface area contributed by atoms with Gasteiger partial charge in [-0.3, -0.25) is 9.59 Å². The number of aromatic amines is 1. The van der Waals surface area contributed by atoms with Crippen LogP contribution < -0.4 is 19.8 Å². The maximum Gasteiger partial charge on any atom is 0.322 e. The average molecular weight is 494 g/mol. The van der Waals surface area contributed by atoms with Gasteiger partial charge < -0.3 is 19.9 Å². The Kier molecular flexibility index (Phi) is 6.14. The first-order valence-corrected chi connectivity index (χ1v) is 12.6. The number of likely N-dealkylation sites (N-methyl/N-ethyl adjacent to an activating group) is 1. The monoisotopic (exact) mass is 493 g/mol. The van der Waals surface area contributed by atoms with Crippen molar-refractivity contribution in [3.63, 3.8) is 0 Å². The third-order valence-corrected chi connectivity index (χ3v) is 8.06. The van der Waals surface area contributed by atoms with Crippen LogP contribution in [0.25, 0.3) is 0 Å². The Labute approximate surface area is 208 Å². The summed E-state index contributed by atoms with van der Waals surface area (Å²) in [5.41, 5.74) is 4.06. The molecule has 2 aliphatic rings. The Morgan fingerprint density at radius 3 is 2.71 bits per heavy atom. The minimum Gasteiger partial charge on any atom is -0.489 e. The van der Waals surface area contributed by atoms with E-state index in [9.17, 15) is 9.59 Å². The second kappa shape index (κ2) is 9.13. The van der Waals surface area contributed by atoms with Crippen LogP contribution in [-0.4, -0.2) is 61.3 Å². The highest BCUT2D eigenvalue weighted by Gasteiger charge is 2.64. The van der Waals surface area contributed by atoms with E-state index in [1.807, 2.05) is 26.2 Å². The smallest absolute Gasteiger partial charge is 0.322 e. The second-order valence-corrected chi connectivity index (χ2v) is 11.0. The lowest BCUT2D eigenvalue weighted by molar-refractivity contribution is 0.0944. The summed E-state index contributed by atoms with van der Waals surface area (Å²) in [7, 11) is 6.14. The van der Waals surface area contributed by atoms with Crippen molar-refractivity contribution in [3.8, 4) is 5.75 Å². The molecule has 2 fully saturated rings. The van der Waals surface area contributed by atoms with E-state index < -0.39 is 0 Å². The molecular weight excluding hydrogens is 462 g/mol. The van der Waals surface area contributed by atoms with Crippen molar-refractivity contribution in [1.82, 2.24) is 20.4 Å². The molecule has 5 rings (SSSR count). The Morgan fingerprint density at radius 2 is 2.06 bits per heavy atom. The number of carbonyl (C=O) groups excluding carboxylic acids is 1. The molecular formula is C26H31N5O3S.